The molecule has 0 N–H and O–H groups in total. The summed E-state index contributed by atoms with van der Waals surface area (Å²) >= 11 is 1.27. The summed E-state index contributed by atoms with van der Waals surface area (Å²) in [5.74, 6) is 1.23. The topological polar surface area (TPSA) is 88.3 Å². The summed E-state index contributed by atoms with van der Waals surface area (Å²) in [5.41, 5.74) is 1.99. The second-order valence-electron chi connectivity index (χ2n) is 8.53. The fraction of sp³-hybridized carbons (Fsp3) is 0.345. The number of esters is 1. The summed E-state index contributed by atoms with van der Waals surface area (Å²) in [7, 11) is 1.55. The summed E-state index contributed by atoms with van der Waals surface area (Å²) in [5, 5.41) is 0. The normalized spacial score (nSPS) is 15.1. The highest BCUT2D eigenvalue weighted by Crippen LogP contribution is 2.40. The van der Waals surface area contributed by atoms with Crippen molar-refractivity contribution in [2.24, 2.45) is 4.99 Å². The minimum atomic E-state index is -0.797. The molecule has 38 heavy (non-hydrogen) atoms. The molecule has 2 heterocycles. The highest BCUT2D eigenvalue weighted by Gasteiger charge is 2.35. The lowest BCUT2D eigenvalue weighted by Gasteiger charge is -2.26. The van der Waals surface area contributed by atoms with Crippen LogP contribution in [-0.2, 0) is 9.53 Å². The number of carbonyl (C=O) groups excluding carboxylic acids is 1. The first kappa shape index (κ1) is 27.2. The number of hydrogen-bond donors (Lipinski definition) is 0. The van der Waals surface area contributed by atoms with E-state index in [0.29, 0.717) is 45.3 Å². The van der Waals surface area contributed by atoms with Crippen molar-refractivity contribution >= 4 is 23.4 Å². The van der Waals surface area contributed by atoms with Crippen LogP contribution in [0.1, 0.15) is 51.3 Å². The molecule has 0 saturated heterocycles. The van der Waals surface area contributed by atoms with Crippen LogP contribution in [0.25, 0.3) is 6.08 Å². The predicted octanol–water partition coefficient (Wildman–Crippen LogP) is 3.99. The number of para-hydroxylation sites is 1. The van der Waals surface area contributed by atoms with Gasteiger partial charge in [0.1, 0.15) is 11.8 Å². The average Bonchev–Trinajstić information content (AvgIpc) is 3.22. The Labute approximate surface area is 225 Å². The zero-order valence-corrected chi connectivity index (χ0v) is 23.1. The number of hydrogen-bond acceptors (Lipinski definition) is 8. The minimum Gasteiger partial charge on any atom is -0.494 e. The Balaban J connectivity index is 1.91. The van der Waals surface area contributed by atoms with Crippen molar-refractivity contribution in [3.8, 4) is 17.2 Å². The van der Waals surface area contributed by atoms with E-state index in [0.717, 1.165) is 17.7 Å². The molecule has 1 atom stereocenters. The quantitative estimate of drug-likeness (QED) is 0.364. The van der Waals surface area contributed by atoms with Gasteiger partial charge in [0, 0.05) is 5.56 Å². The maximum Gasteiger partial charge on any atom is 0.338 e. The van der Waals surface area contributed by atoms with Crippen molar-refractivity contribution in [3.05, 3.63) is 84.5 Å². The lowest BCUT2D eigenvalue weighted by molar-refractivity contribution is -0.139. The van der Waals surface area contributed by atoms with Gasteiger partial charge in [-0.2, -0.15) is 0 Å². The lowest BCUT2D eigenvalue weighted by atomic mass is 9.94. The Morgan fingerprint density at radius 1 is 1.08 bits per heavy atom. The molecule has 200 valence electrons. The van der Waals surface area contributed by atoms with E-state index >= 15 is 0 Å². The van der Waals surface area contributed by atoms with Crippen LogP contribution in [-0.4, -0.2) is 37.5 Å². The zero-order valence-electron chi connectivity index (χ0n) is 22.3. The molecule has 1 aliphatic rings. The highest BCUT2D eigenvalue weighted by molar-refractivity contribution is 7.07. The van der Waals surface area contributed by atoms with Gasteiger partial charge in [0.2, 0.25) is 0 Å². The smallest absolute Gasteiger partial charge is 0.338 e. The molecule has 0 fully saturated rings. The third-order valence-corrected chi connectivity index (χ3v) is 6.96. The first-order chi connectivity index (χ1) is 18.4. The van der Waals surface area contributed by atoms with Gasteiger partial charge in [-0.3, -0.25) is 9.36 Å². The van der Waals surface area contributed by atoms with Gasteiger partial charge in [-0.1, -0.05) is 42.5 Å². The summed E-state index contributed by atoms with van der Waals surface area (Å²) in [4.78, 5) is 32.2. The van der Waals surface area contributed by atoms with Crippen molar-refractivity contribution < 1.29 is 23.7 Å². The van der Waals surface area contributed by atoms with Gasteiger partial charge in [-0.25, -0.2) is 9.79 Å². The Hall–Kier alpha value is -3.85. The van der Waals surface area contributed by atoms with Crippen LogP contribution in [0.15, 0.2) is 63.5 Å². The Morgan fingerprint density at radius 3 is 2.50 bits per heavy atom. The number of carbonyl (C=O) groups is 1. The van der Waals surface area contributed by atoms with E-state index in [-0.39, 0.29) is 17.7 Å². The third kappa shape index (κ3) is 5.38. The molecule has 1 aromatic heterocycles. The number of benzene rings is 2. The number of allylic oxidation sites excluding steroid dienone is 1. The molecular weight excluding hydrogens is 504 g/mol. The van der Waals surface area contributed by atoms with Crippen molar-refractivity contribution in [1.29, 1.82) is 0 Å². The van der Waals surface area contributed by atoms with Crippen molar-refractivity contribution in [3.63, 3.8) is 0 Å². The maximum absolute atomic E-state index is 13.9. The van der Waals surface area contributed by atoms with Crippen LogP contribution in [0.4, 0.5) is 0 Å². The summed E-state index contributed by atoms with van der Waals surface area (Å²) in [6.45, 7) is 8.64. The predicted molar refractivity (Wildman–Crippen MR) is 147 cm³/mol. The van der Waals surface area contributed by atoms with E-state index in [2.05, 4.69) is 11.9 Å². The fourth-order valence-electron chi connectivity index (χ4n) is 4.33. The van der Waals surface area contributed by atoms with E-state index < -0.39 is 12.0 Å². The molecule has 0 amide bonds. The number of methoxy groups -OCH3 is 1. The number of thiazole rings is 1. The van der Waals surface area contributed by atoms with Gasteiger partial charge in [-0.15, -0.1) is 0 Å². The summed E-state index contributed by atoms with van der Waals surface area (Å²) < 4.78 is 24.6. The Morgan fingerprint density at radius 2 is 1.84 bits per heavy atom. The zero-order chi connectivity index (χ0) is 27.2. The van der Waals surface area contributed by atoms with Gasteiger partial charge in [0.25, 0.3) is 5.56 Å². The lowest BCUT2D eigenvalue weighted by Crippen LogP contribution is -2.40. The second-order valence-corrected chi connectivity index (χ2v) is 9.54. The van der Waals surface area contributed by atoms with Crippen LogP contribution in [0.2, 0.25) is 0 Å². The van der Waals surface area contributed by atoms with Crippen LogP contribution in [0.3, 0.4) is 0 Å². The van der Waals surface area contributed by atoms with Crippen molar-refractivity contribution in [2.45, 2.75) is 40.2 Å². The molecule has 9 heteroatoms. The number of nitrogens with zero attached hydrogens (tertiary/aromatic N) is 2. The molecule has 0 spiro atoms. The van der Waals surface area contributed by atoms with E-state index in [1.165, 1.54) is 11.3 Å². The van der Waals surface area contributed by atoms with Gasteiger partial charge in [0.15, 0.2) is 16.3 Å². The third-order valence-electron chi connectivity index (χ3n) is 5.98. The molecule has 2 aromatic carbocycles. The van der Waals surface area contributed by atoms with Crippen LogP contribution >= 0.6 is 11.3 Å². The monoisotopic (exact) mass is 536 g/mol. The van der Waals surface area contributed by atoms with Gasteiger partial charge in [0.05, 0.1) is 42.7 Å². The van der Waals surface area contributed by atoms with Crippen LogP contribution < -0.4 is 29.1 Å². The van der Waals surface area contributed by atoms with Crippen molar-refractivity contribution in [2.75, 3.05) is 26.9 Å². The first-order valence-corrected chi connectivity index (χ1v) is 13.5. The van der Waals surface area contributed by atoms with E-state index in [4.69, 9.17) is 18.9 Å². The molecule has 0 bridgehead atoms. The second kappa shape index (κ2) is 12.1. The highest BCUT2D eigenvalue weighted by atomic mass is 32.1. The number of ether oxygens (including phenoxy) is 4. The number of rotatable bonds is 10. The standard InChI is InChI=1S/C29H32N2O6S/c1-6-16-37-20-14-12-19(13-15-20)17-23-27(32)31-25(21-10-9-11-22(34-5)26(21)35-7-2)24(28(33)36-8-3)18(4)30-29(31)38-23/h9-15,17,25H,6-8,16H2,1-5H3/b23-17+/t25-/m1/s1. The summed E-state index contributed by atoms with van der Waals surface area (Å²) in [6.07, 6.45) is 2.75. The molecule has 0 unspecified atom stereocenters. The Kier molecular flexibility index (Phi) is 8.68. The van der Waals surface area contributed by atoms with E-state index in [9.17, 15) is 9.59 Å². The maximum atomic E-state index is 13.9. The van der Waals surface area contributed by atoms with Gasteiger partial charge in [-0.05, 0) is 57.0 Å². The fourth-order valence-corrected chi connectivity index (χ4v) is 5.37. The number of fused-ring (bicyclic) bond motifs is 1. The molecule has 0 radical (unpaired) electrons. The van der Waals surface area contributed by atoms with Crippen LogP contribution in [0, 0.1) is 0 Å². The van der Waals surface area contributed by atoms with Gasteiger partial charge >= 0.3 is 5.97 Å². The van der Waals surface area contributed by atoms with E-state index in [1.807, 2.05) is 49.4 Å². The number of aromatic nitrogens is 1. The van der Waals surface area contributed by atoms with Gasteiger partial charge < -0.3 is 18.9 Å². The SMILES string of the molecule is CCCOc1ccc(/C=c2/sc3n(c2=O)[C@H](c2cccc(OC)c2OCC)C(C(=O)OCC)=C(C)N=3)cc1. The Bertz CT molecular complexity index is 1520. The average molecular weight is 537 g/mol. The van der Waals surface area contributed by atoms with Crippen molar-refractivity contribution in [1.82, 2.24) is 4.57 Å². The molecule has 0 aliphatic carbocycles. The molecular formula is C29H32N2O6S. The van der Waals surface area contributed by atoms with E-state index in [1.54, 1.807) is 31.6 Å². The minimum absolute atomic E-state index is 0.196. The van der Waals surface area contributed by atoms with Crippen LogP contribution in [0.5, 0.6) is 17.2 Å². The molecule has 3 aromatic rings. The molecule has 0 saturated carbocycles. The summed E-state index contributed by atoms with van der Waals surface area (Å²) in [6, 6.07) is 12.2. The largest absolute Gasteiger partial charge is 0.494 e. The molecule has 8 nitrogen and oxygen atoms in total. The molecule has 1 aliphatic heterocycles. The molecule has 4 rings (SSSR count). The first-order valence-electron chi connectivity index (χ1n) is 12.7.